The van der Waals surface area contributed by atoms with Gasteiger partial charge in [0, 0.05) is 10.0 Å². The molecule has 0 saturated heterocycles. The number of fused-ring (bicyclic) bond motifs is 1. The monoisotopic (exact) mass is 392 g/mol. The largest absolute Gasteiger partial charge is 0.460 e. The van der Waals surface area contributed by atoms with Gasteiger partial charge in [-0.3, -0.25) is 4.79 Å². The second-order valence-electron chi connectivity index (χ2n) is 6.52. The molecule has 1 N–H and O–H groups in total. The summed E-state index contributed by atoms with van der Waals surface area (Å²) in [6.45, 7) is 3.94. The molecule has 1 heterocycles. The molecule has 0 radical (unpaired) electrons. The molecule has 2 aromatic carbocycles. The molecule has 1 amide bonds. The quantitative estimate of drug-likeness (QED) is 0.783. The molecule has 0 fully saturated rings. The molecule has 0 bridgehead atoms. The van der Waals surface area contributed by atoms with Gasteiger partial charge >= 0.3 is 5.97 Å². The van der Waals surface area contributed by atoms with Gasteiger partial charge < -0.3 is 15.0 Å². The minimum atomic E-state index is -0.737. The van der Waals surface area contributed by atoms with Gasteiger partial charge in [0.15, 0.2) is 0 Å². The number of para-hydroxylation sites is 2. The van der Waals surface area contributed by atoms with E-state index in [9.17, 15) is 9.59 Å². The van der Waals surface area contributed by atoms with Crippen LogP contribution < -0.4 is 10.2 Å². The average Bonchev–Trinajstić information content (AvgIpc) is 2.57. The van der Waals surface area contributed by atoms with Crippen molar-refractivity contribution in [3.63, 3.8) is 0 Å². The predicted octanol–water partition coefficient (Wildman–Crippen LogP) is 4.39. The molecule has 0 unspecified atom stereocenters. The van der Waals surface area contributed by atoms with E-state index in [4.69, 9.17) is 27.9 Å². The predicted molar refractivity (Wildman–Crippen MR) is 103 cm³/mol. The molecule has 136 valence electrons. The highest BCUT2D eigenvalue weighted by Crippen LogP contribution is 2.34. The fourth-order valence-electron chi connectivity index (χ4n) is 2.86. The SMILES string of the molecule is CC1(C)Nc2ccccc2N(CCOC(=O)c2cc(Cl)cc(Cl)c2)C1=O. The van der Waals surface area contributed by atoms with Crippen molar-refractivity contribution in [2.24, 2.45) is 0 Å². The number of hydrogen-bond donors (Lipinski definition) is 1. The molecule has 26 heavy (non-hydrogen) atoms. The number of rotatable bonds is 4. The van der Waals surface area contributed by atoms with Gasteiger partial charge in [-0.05, 0) is 44.2 Å². The fraction of sp³-hybridized carbons (Fsp3) is 0.263. The lowest BCUT2D eigenvalue weighted by molar-refractivity contribution is -0.122. The lowest BCUT2D eigenvalue weighted by Crippen LogP contribution is -2.54. The summed E-state index contributed by atoms with van der Waals surface area (Å²) in [5.41, 5.74) is 1.16. The van der Waals surface area contributed by atoms with Crippen molar-refractivity contribution in [2.75, 3.05) is 23.4 Å². The average molecular weight is 393 g/mol. The number of carbonyl (C=O) groups excluding carboxylic acids is 2. The summed E-state index contributed by atoms with van der Waals surface area (Å²) in [5, 5.41) is 3.94. The van der Waals surface area contributed by atoms with Gasteiger partial charge in [0.1, 0.15) is 12.1 Å². The Balaban J connectivity index is 1.71. The third kappa shape index (κ3) is 3.79. The Hall–Kier alpha value is -2.24. The Morgan fingerprint density at radius 3 is 2.50 bits per heavy atom. The lowest BCUT2D eigenvalue weighted by Gasteiger charge is -2.39. The van der Waals surface area contributed by atoms with Crippen molar-refractivity contribution in [2.45, 2.75) is 19.4 Å². The number of anilines is 2. The van der Waals surface area contributed by atoms with Gasteiger partial charge in [0.05, 0.1) is 23.5 Å². The number of esters is 1. The first-order chi connectivity index (χ1) is 12.3. The van der Waals surface area contributed by atoms with Crippen LogP contribution >= 0.6 is 23.2 Å². The third-order valence-electron chi connectivity index (χ3n) is 4.07. The molecule has 1 aliphatic heterocycles. The highest BCUT2D eigenvalue weighted by Gasteiger charge is 2.38. The van der Waals surface area contributed by atoms with Crippen molar-refractivity contribution in [3.8, 4) is 0 Å². The van der Waals surface area contributed by atoms with Crippen LogP contribution in [-0.4, -0.2) is 30.6 Å². The molecule has 5 nitrogen and oxygen atoms in total. The van der Waals surface area contributed by atoms with Crippen molar-refractivity contribution >= 4 is 46.5 Å². The van der Waals surface area contributed by atoms with E-state index in [1.165, 1.54) is 18.2 Å². The second-order valence-corrected chi connectivity index (χ2v) is 7.39. The molecule has 2 aromatic rings. The van der Waals surface area contributed by atoms with Crippen LogP contribution in [0.5, 0.6) is 0 Å². The van der Waals surface area contributed by atoms with E-state index in [-0.39, 0.29) is 24.6 Å². The van der Waals surface area contributed by atoms with Crippen LogP contribution in [0.15, 0.2) is 42.5 Å². The summed E-state index contributed by atoms with van der Waals surface area (Å²) in [7, 11) is 0. The molecule has 0 saturated carbocycles. The first kappa shape index (κ1) is 18.5. The van der Waals surface area contributed by atoms with Crippen LogP contribution in [0.1, 0.15) is 24.2 Å². The number of carbonyl (C=O) groups is 2. The van der Waals surface area contributed by atoms with Gasteiger partial charge in [0.2, 0.25) is 0 Å². The first-order valence-corrected chi connectivity index (χ1v) is 8.86. The maximum atomic E-state index is 12.7. The molecular weight excluding hydrogens is 375 g/mol. The second kappa shape index (κ2) is 7.17. The Morgan fingerprint density at radius 1 is 1.15 bits per heavy atom. The fourth-order valence-corrected chi connectivity index (χ4v) is 3.38. The van der Waals surface area contributed by atoms with Crippen LogP contribution in [-0.2, 0) is 9.53 Å². The maximum Gasteiger partial charge on any atom is 0.338 e. The molecule has 0 aliphatic carbocycles. The van der Waals surface area contributed by atoms with Crippen molar-refractivity contribution in [3.05, 3.63) is 58.1 Å². The Labute approximate surface area is 161 Å². The number of benzene rings is 2. The van der Waals surface area contributed by atoms with E-state index in [0.29, 0.717) is 10.0 Å². The standard InChI is InChI=1S/C19H18Cl2N2O3/c1-19(2)18(25)23(16-6-4-3-5-15(16)22-19)7-8-26-17(24)12-9-13(20)11-14(21)10-12/h3-6,9-11,22H,7-8H2,1-2H3. The van der Waals surface area contributed by atoms with E-state index in [1.807, 2.05) is 38.1 Å². The smallest absolute Gasteiger partial charge is 0.338 e. The van der Waals surface area contributed by atoms with Crippen molar-refractivity contribution < 1.29 is 14.3 Å². The van der Waals surface area contributed by atoms with Crippen molar-refractivity contribution in [1.82, 2.24) is 0 Å². The molecule has 0 atom stereocenters. The zero-order chi connectivity index (χ0) is 18.9. The number of hydrogen-bond acceptors (Lipinski definition) is 4. The molecular formula is C19H18Cl2N2O3. The summed E-state index contributed by atoms with van der Waals surface area (Å²) in [4.78, 5) is 26.6. The highest BCUT2D eigenvalue weighted by molar-refractivity contribution is 6.35. The lowest BCUT2D eigenvalue weighted by atomic mass is 9.98. The number of nitrogens with one attached hydrogen (secondary N) is 1. The minimum Gasteiger partial charge on any atom is -0.460 e. The highest BCUT2D eigenvalue weighted by atomic mass is 35.5. The Kier molecular flexibility index (Phi) is 5.12. The van der Waals surface area contributed by atoms with E-state index in [1.54, 1.807) is 4.90 Å². The van der Waals surface area contributed by atoms with Crippen LogP contribution in [0.3, 0.4) is 0 Å². The summed E-state index contributed by atoms with van der Waals surface area (Å²) in [5.74, 6) is -0.623. The zero-order valence-electron chi connectivity index (χ0n) is 14.4. The molecule has 0 aromatic heterocycles. The molecule has 3 rings (SSSR count). The van der Waals surface area contributed by atoms with E-state index in [2.05, 4.69) is 5.32 Å². The number of ether oxygens (including phenoxy) is 1. The van der Waals surface area contributed by atoms with Gasteiger partial charge in [0.25, 0.3) is 5.91 Å². The van der Waals surface area contributed by atoms with Gasteiger partial charge in [-0.2, -0.15) is 0 Å². The van der Waals surface area contributed by atoms with Gasteiger partial charge in [-0.15, -0.1) is 0 Å². The van der Waals surface area contributed by atoms with Crippen molar-refractivity contribution in [1.29, 1.82) is 0 Å². The summed E-state index contributed by atoms with van der Waals surface area (Å²) in [6, 6.07) is 12.1. The topological polar surface area (TPSA) is 58.6 Å². The summed E-state index contributed by atoms with van der Waals surface area (Å²) in [6.07, 6.45) is 0. The number of amides is 1. The summed E-state index contributed by atoms with van der Waals surface area (Å²) >= 11 is 11.8. The zero-order valence-corrected chi connectivity index (χ0v) is 15.9. The number of halogens is 2. The van der Waals surface area contributed by atoms with Gasteiger partial charge in [-0.1, -0.05) is 35.3 Å². The Bertz CT molecular complexity index is 847. The maximum absolute atomic E-state index is 12.7. The number of nitrogens with zero attached hydrogens (tertiary/aromatic N) is 1. The van der Waals surface area contributed by atoms with Crippen LogP contribution in [0, 0.1) is 0 Å². The summed E-state index contributed by atoms with van der Waals surface area (Å²) < 4.78 is 5.30. The van der Waals surface area contributed by atoms with Crippen LogP contribution in [0.4, 0.5) is 11.4 Å². The van der Waals surface area contributed by atoms with Crippen LogP contribution in [0.2, 0.25) is 10.0 Å². The van der Waals surface area contributed by atoms with E-state index >= 15 is 0 Å². The van der Waals surface area contributed by atoms with E-state index < -0.39 is 11.5 Å². The molecule has 7 heteroatoms. The molecule has 0 spiro atoms. The van der Waals surface area contributed by atoms with E-state index in [0.717, 1.165) is 11.4 Å². The van der Waals surface area contributed by atoms with Gasteiger partial charge in [-0.25, -0.2) is 4.79 Å². The first-order valence-electron chi connectivity index (χ1n) is 8.10. The molecule has 1 aliphatic rings. The third-order valence-corrected chi connectivity index (χ3v) is 4.50. The minimum absolute atomic E-state index is 0.0547. The normalized spacial score (nSPS) is 15.2. The Morgan fingerprint density at radius 2 is 1.81 bits per heavy atom. The van der Waals surface area contributed by atoms with Crippen LogP contribution in [0.25, 0.3) is 0 Å².